The van der Waals surface area contributed by atoms with E-state index in [2.05, 4.69) is 26.0 Å². The molecule has 1 aliphatic carbocycles. The van der Waals surface area contributed by atoms with E-state index in [0.717, 1.165) is 19.3 Å². The largest absolute Gasteiger partial charge is 0.324 e. The smallest absolute Gasteiger partial charge is 0.0297 e. The summed E-state index contributed by atoms with van der Waals surface area (Å²) in [6.07, 6.45) is 7.23. The van der Waals surface area contributed by atoms with Crippen molar-refractivity contribution in [2.45, 2.75) is 58.4 Å². The van der Waals surface area contributed by atoms with Gasteiger partial charge in [-0.1, -0.05) is 32.4 Å². The molecule has 1 aromatic carbocycles. The fourth-order valence-corrected chi connectivity index (χ4v) is 2.81. The molecule has 0 aliphatic heterocycles. The molecule has 0 spiro atoms. The van der Waals surface area contributed by atoms with Crippen LogP contribution in [0.15, 0.2) is 12.1 Å². The van der Waals surface area contributed by atoms with Crippen LogP contribution in [-0.4, -0.2) is 0 Å². The van der Waals surface area contributed by atoms with Crippen LogP contribution in [0.4, 0.5) is 0 Å². The molecule has 1 aliphatic rings. The maximum absolute atomic E-state index is 6.26. The van der Waals surface area contributed by atoms with Crippen LogP contribution in [0.1, 0.15) is 61.4 Å². The van der Waals surface area contributed by atoms with E-state index in [1.807, 2.05) is 0 Å². The Morgan fingerprint density at radius 3 is 2.50 bits per heavy atom. The van der Waals surface area contributed by atoms with Gasteiger partial charge >= 0.3 is 0 Å². The zero-order valence-corrected chi connectivity index (χ0v) is 10.6. The van der Waals surface area contributed by atoms with Crippen molar-refractivity contribution in [1.82, 2.24) is 0 Å². The monoisotopic (exact) mass is 217 g/mol. The Balaban J connectivity index is 2.47. The highest BCUT2D eigenvalue weighted by Crippen LogP contribution is 2.29. The topological polar surface area (TPSA) is 26.0 Å². The molecule has 2 N–H and O–H groups in total. The first kappa shape index (κ1) is 11.7. The van der Waals surface area contributed by atoms with Gasteiger partial charge in [-0.15, -0.1) is 0 Å². The molecule has 2 rings (SSSR count). The van der Waals surface area contributed by atoms with Crippen LogP contribution in [-0.2, 0) is 19.3 Å². The summed E-state index contributed by atoms with van der Waals surface area (Å²) in [7, 11) is 0. The highest BCUT2D eigenvalue weighted by atomic mass is 14.6. The highest BCUT2D eigenvalue weighted by molar-refractivity contribution is 5.41. The zero-order valence-electron chi connectivity index (χ0n) is 10.6. The van der Waals surface area contributed by atoms with Crippen molar-refractivity contribution in [3.63, 3.8) is 0 Å². The minimum Gasteiger partial charge on any atom is -0.324 e. The molecule has 0 fully saturated rings. The molecule has 1 heteroatoms. The van der Waals surface area contributed by atoms with Crippen LogP contribution in [0.25, 0.3) is 0 Å². The molecule has 1 nitrogen and oxygen atoms in total. The van der Waals surface area contributed by atoms with E-state index in [9.17, 15) is 0 Å². The number of nitrogens with two attached hydrogens (primary N) is 1. The van der Waals surface area contributed by atoms with E-state index in [0.29, 0.717) is 0 Å². The molecule has 0 heterocycles. The lowest BCUT2D eigenvalue weighted by molar-refractivity contribution is 0.615. The van der Waals surface area contributed by atoms with Gasteiger partial charge in [0.25, 0.3) is 0 Å². The van der Waals surface area contributed by atoms with Gasteiger partial charge in [-0.05, 0) is 54.4 Å². The average molecular weight is 217 g/mol. The predicted octanol–water partition coefficient (Wildman–Crippen LogP) is 3.54. The first-order valence-electron chi connectivity index (χ1n) is 6.66. The van der Waals surface area contributed by atoms with Crippen molar-refractivity contribution in [2.24, 2.45) is 5.73 Å². The Bertz CT molecular complexity index is 368. The molecule has 1 aromatic rings. The van der Waals surface area contributed by atoms with Crippen molar-refractivity contribution in [2.75, 3.05) is 0 Å². The van der Waals surface area contributed by atoms with Gasteiger partial charge in [0, 0.05) is 6.04 Å². The summed E-state index contributed by atoms with van der Waals surface area (Å²) in [4.78, 5) is 0. The second-order valence-electron chi connectivity index (χ2n) is 4.88. The Morgan fingerprint density at radius 2 is 1.81 bits per heavy atom. The normalized spacial score (nSPS) is 20.3. The SMILES string of the molecule is CCc1cc2c(cc1CC)C(N)CCCC2. The minimum absolute atomic E-state index is 0.272. The summed E-state index contributed by atoms with van der Waals surface area (Å²) < 4.78 is 0. The second kappa shape index (κ2) is 5.01. The van der Waals surface area contributed by atoms with E-state index >= 15 is 0 Å². The molecule has 0 saturated heterocycles. The van der Waals surface area contributed by atoms with Crippen LogP contribution in [0.2, 0.25) is 0 Å². The van der Waals surface area contributed by atoms with Gasteiger partial charge in [0.15, 0.2) is 0 Å². The van der Waals surface area contributed by atoms with Crippen molar-refractivity contribution in [3.8, 4) is 0 Å². The molecule has 16 heavy (non-hydrogen) atoms. The average Bonchev–Trinajstić information content (AvgIpc) is 2.49. The van der Waals surface area contributed by atoms with Gasteiger partial charge in [-0.2, -0.15) is 0 Å². The van der Waals surface area contributed by atoms with Gasteiger partial charge < -0.3 is 5.73 Å². The lowest BCUT2D eigenvalue weighted by Crippen LogP contribution is -2.11. The third-order valence-corrected chi connectivity index (χ3v) is 3.83. The summed E-state index contributed by atoms with van der Waals surface area (Å²) in [5.74, 6) is 0. The molecular weight excluding hydrogens is 194 g/mol. The van der Waals surface area contributed by atoms with Gasteiger partial charge in [-0.25, -0.2) is 0 Å². The van der Waals surface area contributed by atoms with E-state index in [4.69, 9.17) is 5.73 Å². The summed E-state index contributed by atoms with van der Waals surface area (Å²) in [5.41, 5.74) is 12.2. The zero-order chi connectivity index (χ0) is 11.5. The number of hydrogen-bond donors (Lipinski definition) is 1. The molecule has 0 amide bonds. The summed E-state index contributed by atoms with van der Waals surface area (Å²) in [6, 6.07) is 5.07. The Labute approximate surface area is 99.0 Å². The molecule has 88 valence electrons. The van der Waals surface area contributed by atoms with Gasteiger partial charge in [-0.3, -0.25) is 0 Å². The van der Waals surface area contributed by atoms with Crippen LogP contribution >= 0.6 is 0 Å². The van der Waals surface area contributed by atoms with Gasteiger partial charge in [0.05, 0.1) is 0 Å². The first-order valence-corrected chi connectivity index (χ1v) is 6.66. The molecule has 0 radical (unpaired) electrons. The summed E-state index contributed by atoms with van der Waals surface area (Å²) in [5, 5.41) is 0. The van der Waals surface area contributed by atoms with Crippen molar-refractivity contribution >= 4 is 0 Å². The second-order valence-corrected chi connectivity index (χ2v) is 4.88. The van der Waals surface area contributed by atoms with Gasteiger partial charge in [0.2, 0.25) is 0 Å². The van der Waals surface area contributed by atoms with E-state index in [-0.39, 0.29) is 6.04 Å². The summed E-state index contributed by atoms with van der Waals surface area (Å²) in [6.45, 7) is 4.49. The fourth-order valence-electron chi connectivity index (χ4n) is 2.81. The first-order chi connectivity index (χ1) is 7.76. The predicted molar refractivity (Wildman–Crippen MR) is 69.7 cm³/mol. The molecule has 1 unspecified atom stereocenters. The van der Waals surface area contributed by atoms with Crippen LogP contribution in [0.5, 0.6) is 0 Å². The van der Waals surface area contributed by atoms with Crippen LogP contribution in [0.3, 0.4) is 0 Å². The number of aryl methyl sites for hydroxylation is 3. The van der Waals surface area contributed by atoms with Gasteiger partial charge in [0.1, 0.15) is 0 Å². The lowest BCUT2D eigenvalue weighted by atomic mass is 9.91. The van der Waals surface area contributed by atoms with E-state index in [1.54, 1.807) is 0 Å². The summed E-state index contributed by atoms with van der Waals surface area (Å²) >= 11 is 0. The molecule has 1 atom stereocenters. The number of rotatable bonds is 2. The Hall–Kier alpha value is -0.820. The maximum atomic E-state index is 6.26. The number of fused-ring (bicyclic) bond motifs is 1. The maximum Gasteiger partial charge on any atom is 0.0297 e. The van der Waals surface area contributed by atoms with E-state index in [1.165, 1.54) is 41.5 Å². The molecule has 0 bridgehead atoms. The Kier molecular flexibility index (Phi) is 3.65. The van der Waals surface area contributed by atoms with Crippen molar-refractivity contribution < 1.29 is 0 Å². The number of benzene rings is 1. The van der Waals surface area contributed by atoms with Crippen LogP contribution < -0.4 is 5.73 Å². The minimum atomic E-state index is 0.272. The highest BCUT2D eigenvalue weighted by Gasteiger charge is 2.16. The number of hydrogen-bond acceptors (Lipinski definition) is 1. The standard InChI is InChI=1S/C15H23N/c1-3-11-9-13-7-5-6-8-15(16)14(13)10-12(11)4-2/h9-10,15H,3-8,16H2,1-2H3. The molecular formula is C15H23N. The van der Waals surface area contributed by atoms with Crippen molar-refractivity contribution in [1.29, 1.82) is 0 Å². The lowest BCUT2D eigenvalue weighted by Gasteiger charge is -2.17. The molecule has 0 saturated carbocycles. The fraction of sp³-hybridized carbons (Fsp3) is 0.600. The van der Waals surface area contributed by atoms with E-state index < -0.39 is 0 Å². The van der Waals surface area contributed by atoms with Crippen LogP contribution in [0, 0.1) is 0 Å². The Morgan fingerprint density at radius 1 is 1.12 bits per heavy atom. The quantitative estimate of drug-likeness (QED) is 0.753. The third kappa shape index (κ3) is 2.15. The third-order valence-electron chi connectivity index (χ3n) is 3.83. The van der Waals surface area contributed by atoms with Crippen molar-refractivity contribution in [3.05, 3.63) is 34.4 Å². The molecule has 0 aromatic heterocycles.